The lowest BCUT2D eigenvalue weighted by Gasteiger charge is -2.18. The molecule has 3 aromatic carbocycles. The van der Waals surface area contributed by atoms with Crippen LogP contribution < -0.4 is 10.1 Å². The van der Waals surface area contributed by atoms with Crippen LogP contribution in [0.5, 0.6) is 5.75 Å². The number of rotatable bonds is 6. The molecule has 1 atom stereocenters. The number of aliphatic hydroxyl groups is 1. The van der Waals surface area contributed by atoms with Gasteiger partial charge in [0.05, 0.1) is 30.4 Å². The molecule has 1 aliphatic rings. The Morgan fingerprint density at radius 3 is 2.71 bits per heavy atom. The second kappa shape index (κ2) is 9.11. The van der Waals surface area contributed by atoms with Gasteiger partial charge >= 0.3 is 6.18 Å². The third-order valence-corrected chi connectivity index (χ3v) is 6.25. The van der Waals surface area contributed by atoms with E-state index in [4.69, 9.17) is 4.74 Å². The number of aromatic amines is 1. The molecular formula is C27H23F3N2O3. The van der Waals surface area contributed by atoms with E-state index < -0.39 is 23.7 Å². The molecule has 2 heterocycles. The number of halogens is 3. The first-order valence-electron chi connectivity index (χ1n) is 11.3. The zero-order valence-electron chi connectivity index (χ0n) is 18.7. The number of carbonyl (C=O) groups excluding carboxylic acids is 1. The van der Waals surface area contributed by atoms with E-state index in [1.807, 2.05) is 30.5 Å². The van der Waals surface area contributed by atoms with Crippen molar-refractivity contribution < 1.29 is 27.8 Å². The zero-order chi connectivity index (χ0) is 24.6. The average molecular weight is 480 g/mol. The molecule has 180 valence electrons. The lowest BCUT2D eigenvalue weighted by atomic mass is 9.96. The maximum absolute atomic E-state index is 13.3. The summed E-state index contributed by atoms with van der Waals surface area (Å²) in [5.74, 6) is -0.0159. The number of hydrogen-bond donors (Lipinski definition) is 3. The number of fused-ring (bicyclic) bond motifs is 2. The summed E-state index contributed by atoms with van der Waals surface area (Å²) in [4.78, 5) is 16.5. The molecule has 0 spiro atoms. The smallest absolute Gasteiger partial charge is 0.416 e. The van der Waals surface area contributed by atoms with Crippen molar-refractivity contribution in [1.82, 2.24) is 10.3 Å². The molecule has 1 amide bonds. The number of aliphatic hydroxyl groups excluding tert-OH is 1. The van der Waals surface area contributed by atoms with Crippen LogP contribution in [0.1, 0.15) is 27.0 Å². The summed E-state index contributed by atoms with van der Waals surface area (Å²) in [5.41, 5.74) is 3.04. The first-order valence-corrected chi connectivity index (χ1v) is 11.3. The van der Waals surface area contributed by atoms with Crippen molar-refractivity contribution >= 4 is 16.8 Å². The highest BCUT2D eigenvalue weighted by atomic mass is 19.4. The van der Waals surface area contributed by atoms with Gasteiger partial charge in [0.25, 0.3) is 5.91 Å². The third-order valence-electron chi connectivity index (χ3n) is 6.25. The van der Waals surface area contributed by atoms with Crippen LogP contribution in [0.25, 0.3) is 22.0 Å². The van der Waals surface area contributed by atoms with Gasteiger partial charge in [-0.05, 0) is 59.0 Å². The van der Waals surface area contributed by atoms with Crippen LogP contribution in [-0.4, -0.2) is 35.3 Å². The molecule has 0 bridgehead atoms. The van der Waals surface area contributed by atoms with Crippen LogP contribution >= 0.6 is 0 Å². The van der Waals surface area contributed by atoms with Gasteiger partial charge in [-0.2, -0.15) is 13.2 Å². The Balaban J connectivity index is 1.44. The first-order chi connectivity index (χ1) is 16.8. The van der Waals surface area contributed by atoms with Crippen molar-refractivity contribution in [3.8, 4) is 16.9 Å². The summed E-state index contributed by atoms with van der Waals surface area (Å²) in [7, 11) is 0. The number of ether oxygens (including phenoxy) is 1. The fraction of sp³-hybridized carbons (Fsp3) is 0.222. The van der Waals surface area contributed by atoms with Crippen molar-refractivity contribution in [2.24, 2.45) is 0 Å². The molecule has 3 N–H and O–H groups in total. The normalized spacial score (nSPS) is 13.9. The first kappa shape index (κ1) is 23.0. The molecule has 0 saturated heterocycles. The number of H-pyrrole nitrogens is 1. The van der Waals surface area contributed by atoms with Crippen LogP contribution in [0.2, 0.25) is 0 Å². The molecule has 0 unspecified atom stereocenters. The molecule has 5 nitrogen and oxygen atoms in total. The van der Waals surface area contributed by atoms with Gasteiger partial charge in [0.2, 0.25) is 0 Å². The van der Waals surface area contributed by atoms with Crippen LogP contribution in [0.3, 0.4) is 0 Å². The Bertz CT molecular complexity index is 1390. The van der Waals surface area contributed by atoms with E-state index in [1.54, 1.807) is 18.2 Å². The molecule has 35 heavy (non-hydrogen) atoms. The van der Waals surface area contributed by atoms with Gasteiger partial charge in [-0.25, -0.2) is 0 Å². The van der Waals surface area contributed by atoms with Crippen molar-refractivity contribution in [3.63, 3.8) is 0 Å². The number of carbonyl (C=O) groups is 1. The quantitative estimate of drug-likeness (QED) is 0.359. The Morgan fingerprint density at radius 2 is 1.91 bits per heavy atom. The number of hydrogen-bond acceptors (Lipinski definition) is 3. The molecule has 8 heteroatoms. The number of alkyl halides is 3. The topological polar surface area (TPSA) is 74.4 Å². The lowest BCUT2D eigenvalue weighted by Crippen LogP contribution is -2.39. The maximum Gasteiger partial charge on any atom is 0.416 e. The van der Waals surface area contributed by atoms with Gasteiger partial charge in [-0.15, -0.1) is 0 Å². The molecular weight excluding hydrogens is 457 g/mol. The summed E-state index contributed by atoms with van der Waals surface area (Å²) in [6.07, 6.45) is -1.65. The van der Waals surface area contributed by atoms with Gasteiger partial charge in [0.15, 0.2) is 0 Å². The second-order valence-electron chi connectivity index (χ2n) is 8.61. The van der Waals surface area contributed by atoms with E-state index in [2.05, 4.69) is 10.3 Å². The number of para-hydroxylation sites is 1. The Labute approximate surface area is 199 Å². The van der Waals surface area contributed by atoms with E-state index in [-0.39, 0.29) is 12.2 Å². The minimum atomic E-state index is -4.47. The summed E-state index contributed by atoms with van der Waals surface area (Å²) in [5, 5.41) is 13.8. The average Bonchev–Trinajstić information content (AvgIpc) is 3.49. The number of amides is 1. The fourth-order valence-corrected chi connectivity index (χ4v) is 4.51. The molecule has 0 saturated carbocycles. The largest absolute Gasteiger partial charge is 0.492 e. The van der Waals surface area contributed by atoms with E-state index in [0.29, 0.717) is 36.3 Å². The van der Waals surface area contributed by atoms with E-state index in [0.717, 1.165) is 34.2 Å². The predicted molar refractivity (Wildman–Crippen MR) is 126 cm³/mol. The number of aromatic nitrogens is 1. The minimum absolute atomic E-state index is 0.241. The van der Waals surface area contributed by atoms with Gasteiger partial charge in [-0.3, -0.25) is 4.79 Å². The summed E-state index contributed by atoms with van der Waals surface area (Å²) in [6.45, 7) is 0.113. The van der Waals surface area contributed by atoms with E-state index >= 15 is 0 Å². The fourth-order valence-electron chi connectivity index (χ4n) is 4.51. The Kier molecular flexibility index (Phi) is 5.98. The molecule has 0 radical (unpaired) electrons. The summed E-state index contributed by atoms with van der Waals surface area (Å²) >= 11 is 0. The lowest BCUT2D eigenvalue weighted by molar-refractivity contribution is -0.137. The molecule has 0 aliphatic carbocycles. The molecule has 1 aliphatic heterocycles. The Hall–Kier alpha value is -3.78. The van der Waals surface area contributed by atoms with Gasteiger partial charge in [0.1, 0.15) is 5.75 Å². The molecule has 0 fully saturated rings. The zero-order valence-corrected chi connectivity index (χ0v) is 18.7. The summed E-state index contributed by atoms with van der Waals surface area (Å²) < 4.78 is 45.4. The predicted octanol–water partition coefficient (Wildman–Crippen LogP) is 5.12. The van der Waals surface area contributed by atoms with Crippen molar-refractivity contribution in [3.05, 3.63) is 89.1 Å². The standard InChI is InChI=1S/C27H23F3N2O3/c28-27(29,30)20-5-3-4-16(11-20)18-10-17-8-9-35-25(17)23(13-18)26(34)32-21(15-33)12-19-14-31-24-7-2-1-6-22(19)24/h1-7,10-11,13-14,21,31,33H,8-9,12,15H2,(H,32,34)/t21-/m1/s1. The van der Waals surface area contributed by atoms with Gasteiger partial charge in [0, 0.05) is 23.5 Å². The van der Waals surface area contributed by atoms with Crippen molar-refractivity contribution in [2.45, 2.75) is 25.1 Å². The van der Waals surface area contributed by atoms with Gasteiger partial charge in [-0.1, -0.05) is 30.3 Å². The number of benzene rings is 3. The van der Waals surface area contributed by atoms with Crippen LogP contribution in [0, 0.1) is 0 Å². The third kappa shape index (κ3) is 4.61. The monoisotopic (exact) mass is 480 g/mol. The van der Waals surface area contributed by atoms with Gasteiger partial charge < -0.3 is 20.1 Å². The van der Waals surface area contributed by atoms with E-state index in [1.165, 1.54) is 6.07 Å². The summed E-state index contributed by atoms with van der Waals surface area (Å²) in [6, 6.07) is 15.6. The van der Waals surface area contributed by atoms with Crippen molar-refractivity contribution in [1.29, 1.82) is 0 Å². The molecule has 1 aromatic heterocycles. The van der Waals surface area contributed by atoms with E-state index in [9.17, 15) is 23.1 Å². The Morgan fingerprint density at radius 1 is 1.09 bits per heavy atom. The maximum atomic E-state index is 13.3. The van der Waals surface area contributed by atoms with Crippen LogP contribution in [0.4, 0.5) is 13.2 Å². The highest BCUT2D eigenvalue weighted by Crippen LogP contribution is 2.37. The SMILES string of the molecule is O=C(N[C@@H](CO)Cc1c[nH]c2ccccc12)c1cc(-c2cccc(C(F)(F)F)c2)cc2c1OCC2. The van der Waals surface area contributed by atoms with Crippen LogP contribution in [-0.2, 0) is 19.0 Å². The highest BCUT2D eigenvalue weighted by Gasteiger charge is 2.31. The van der Waals surface area contributed by atoms with Crippen molar-refractivity contribution in [2.75, 3.05) is 13.2 Å². The number of nitrogens with one attached hydrogen (secondary N) is 2. The van der Waals surface area contributed by atoms with Crippen LogP contribution in [0.15, 0.2) is 66.9 Å². The minimum Gasteiger partial charge on any atom is -0.492 e. The second-order valence-corrected chi connectivity index (χ2v) is 8.61. The highest BCUT2D eigenvalue weighted by molar-refractivity contribution is 5.99. The molecule has 4 aromatic rings. The molecule has 5 rings (SSSR count).